The van der Waals surface area contributed by atoms with Crippen LogP contribution in [0.2, 0.25) is 5.02 Å². The van der Waals surface area contributed by atoms with Gasteiger partial charge < -0.3 is 14.5 Å². The third kappa shape index (κ3) is 4.57. The van der Waals surface area contributed by atoms with E-state index in [1.165, 1.54) is 0 Å². The second-order valence-corrected chi connectivity index (χ2v) is 7.73. The maximum atomic E-state index is 13.2. The highest BCUT2D eigenvalue weighted by Gasteiger charge is 2.24. The van der Waals surface area contributed by atoms with Crippen molar-refractivity contribution in [3.63, 3.8) is 0 Å². The first-order chi connectivity index (χ1) is 14.6. The second kappa shape index (κ2) is 9.18. The summed E-state index contributed by atoms with van der Waals surface area (Å²) in [5.74, 6) is 0.540. The lowest BCUT2D eigenvalue weighted by atomic mass is 10.0. The molecule has 30 heavy (non-hydrogen) atoms. The van der Waals surface area contributed by atoms with Crippen molar-refractivity contribution >= 4 is 34.2 Å². The van der Waals surface area contributed by atoms with Gasteiger partial charge in [-0.25, -0.2) is 0 Å². The molecule has 0 saturated carbocycles. The number of hydrogen-bond donors (Lipinski definition) is 0. The van der Waals surface area contributed by atoms with Crippen molar-refractivity contribution in [1.29, 1.82) is 0 Å². The molecule has 1 aliphatic rings. The van der Waals surface area contributed by atoms with Gasteiger partial charge in [0.15, 0.2) is 6.61 Å². The Labute approximate surface area is 180 Å². The van der Waals surface area contributed by atoms with E-state index < -0.39 is 0 Å². The number of benzene rings is 3. The topological polar surface area (TPSA) is 49.9 Å². The largest absolute Gasteiger partial charge is 0.484 e. The van der Waals surface area contributed by atoms with Crippen LogP contribution in [0, 0.1) is 0 Å². The summed E-state index contributed by atoms with van der Waals surface area (Å²) in [4.78, 5) is 29.4. The molecule has 1 fully saturated rings. The quantitative estimate of drug-likeness (QED) is 0.631. The summed E-state index contributed by atoms with van der Waals surface area (Å²) in [7, 11) is 0. The van der Waals surface area contributed by atoms with Crippen LogP contribution in [-0.2, 0) is 4.79 Å². The first-order valence-electron chi connectivity index (χ1n) is 10.0. The number of hydrogen-bond acceptors (Lipinski definition) is 3. The van der Waals surface area contributed by atoms with Gasteiger partial charge in [-0.2, -0.15) is 0 Å². The molecule has 0 N–H and O–H groups in total. The predicted octanol–water partition coefficient (Wildman–Crippen LogP) is 4.25. The van der Waals surface area contributed by atoms with E-state index in [1.54, 1.807) is 29.2 Å². The smallest absolute Gasteiger partial charge is 0.260 e. The van der Waals surface area contributed by atoms with E-state index in [0.717, 1.165) is 17.2 Å². The van der Waals surface area contributed by atoms with E-state index in [9.17, 15) is 9.59 Å². The molecule has 0 aliphatic carbocycles. The highest BCUT2D eigenvalue weighted by atomic mass is 35.5. The SMILES string of the molecule is O=C(COc1ccc(Cl)cc1)N1CCCN(C(=O)c2cccc3ccccc23)CC1. The van der Waals surface area contributed by atoms with Crippen LogP contribution in [0.1, 0.15) is 16.8 Å². The lowest BCUT2D eigenvalue weighted by Gasteiger charge is -2.23. The molecule has 3 aromatic rings. The van der Waals surface area contributed by atoms with Gasteiger partial charge in [0.1, 0.15) is 5.75 Å². The van der Waals surface area contributed by atoms with Gasteiger partial charge in [-0.05, 0) is 47.5 Å². The van der Waals surface area contributed by atoms with Gasteiger partial charge >= 0.3 is 0 Å². The van der Waals surface area contributed by atoms with Crippen molar-refractivity contribution in [2.24, 2.45) is 0 Å². The summed E-state index contributed by atoms with van der Waals surface area (Å²) in [5, 5.41) is 2.63. The Morgan fingerprint density at radius 1 is 0.833 bits per heavy atom. The minimum atomic E-state index is -0.0793. The number of carbonyl (C=O) groups excluding carboxylic acids is 2. The average Bonchev–Trinajstić information content (AvgIpc) is 3.04. The van der Waals surface area contributed by atoms with Crippen LogP contribution < -0.4 is 4.74 Å². The van der Waals surface area contributed by atoms with Crippen LogP contribution in [0.5, 0.6) is 5.75 Å². The number of rotatable bonds is 4. The maximum absolute atomic E-state index is 13.2. The zero-order valence-electron chi connectivity index (χ0n) is 16.6. The number of ether oxygens (including phenoxy) is 1. The van der Waals surface area contributed by atoms with E-state index in [0.29, 0.717) is 42.5 Å². The summed E-state index contributed by atoms with van der Waals surface area (Å²) in [5.41, 5.74) is 0.707. The minimum Gasteiger partial charge on any atom is -0.484 e. The Hall–Kier alpha value is -3.05. The lowest BCUT2D eigenvalue weighted by molar-refractivity contribution is -0.133. The summed E-state index contributed by atoms with van der Waals surface area (Å²) in [6.07, 6.45) is 0.739. The average molecular weight is 423 g/mol. The Morgan fingerprint density at radius 3 is 2.37 bits per heavy atom. The molecule has 2 amide bonds. The summed E-state index contributed by atoms with van der Waals surface area (Å²) in [6.45, 7) is 2.22. The lowest BCUT2D eigenvalue weighted by Crippen LogP contribution is -2.39. The summed E-state index contributed by atoms with van der Waals surface area (Å²) >= 11 is 5.87. The molecular weight excluding hydrogens is 400 g/mol. The first kappa shape index (κ1) is 20.2. The zero-order chi connectivity index (χ0) is 20.9. The van der Waals surface area contributed by atoms with Crippen LogP contribution in [0.4, 0.5) is 0 Å². The van der Waals surface area contributed by atoms with Crippen molar-refractivity contribution < 1.29 is 14.3 Å². The Bertz CT molecular complexity index is 1050. The number of amides is 2. The number of fused-ring (bicyclic) bond motifs is 1. The molecule has 154 valence electrons. The van der Waals surface area contributed by atoms with E-state index in [4.69, 9.17) is 16.3 Å². The molecule has 5 nitrogen and oxygen atoms in total. The number of nitrogens with zero attached hydrogens (tertiary/aromatic N) is 2. The van der Waals surface area contributed by atoms with E-state index in [1.807, 2.05) is 47.4 Å². The van der Waals surface area contributed by atoms with Crippen LogP contribution >= 0.6 is 11.6 Å². The third-order valence-corrected chi connectivity index (χ3v) is 5.58. The molecule has 0 atom stereocenters. The van der Waals surface area contributed by atoms with Crippen molar-refractivity contribution in [1.82, 2.24) is 9.80 Å². The van der Waals surface area contributed by atoms with Gasteiger partial charge in [0.2, 0.25) is 0 Å². The molecule has 0 spiro atoms. The summed E-state index contributed by atoms with van der Waals surface area (Å²) < 4.78 is 5.58. The van der Waals surface area contributed by atoms with Crippen LogP contribution in [0.3, 0.4) is 0 Å². The predicted molar refractivity (Wildman–Crippen MR) is 118 cm³/mol. The van der Waals surface area contributed by atoms with Crippen molar-refractivity contribution in [3.05, 3.63) is 77.3 Å². The molecule has 0 aromatic heterocycles. The Morgan fingerprint density at radius 2 is 1.53 bits per heavy atom. The monoisotopic (exact) mass is 422 g/mol. The van der Waals surface area contributed by atoms with Crippen LogP contribution in [0.25, 0.3) is 10.8 Å². The Balaban J connectivity index is 1.38. The highest BCUT2D eigenvalue weighted by Crippen LogP contribution is 2.21. The standard InChI is InChI=1S/C24H23ClN2O3/c25-19-9-11-20(12-10-19)30-17-23(28)26-13-4-14-27(16-15-26)24(29)22-8-3-6-18-5-1-2-7-21(18)22/h1-3,5-12H,4,13-17H2. The molecule has 1 heterocycles. The van der Waals surface area contributed by atoms with E-state index in [2.05, 4.69) is 0 Å². The molecule has 0 radical (unpaired) electrons. The van der Waals surface area contributed by atoms with Crippen LogP contribution in [0.15, 0.2) is 66.7 Å². The van der Waals surface area contributed by atoms with Gasteiger partial charge in [0.25, 0.3) is 11.8 Å². The third-order valence-electron chi connectivity index (χ3n) is 5.33. The summed E-state index contributed by atoms with van der Waals surface area (Å²) in [6, 6.07) is 20.6. The molecule has 1 aliphatic heterocycles. The Kier molecular flexibility index (Phi) is 6.19. The molecular formula is C24H23ClN2O3. The van der Waals surface area contributed by atoms with Gasteiger partial charge in [-0.15, -0.1) is 0 Å². The van der Waals surface area contributed by atoms with Gasteiger partial charge in [0.05, 0.1) is 0 Å². The van der Waals surface area contributed by atoms with E-state index >= 15 is 0 Å². The fourth-order valence-electron chi connectivity index (χ4n) is 3.72. The highest BCUT2D eigenvalue weighted by molar-refractivity contribution is 6.30. The minimum absolute atomic E-state index is 0.0125. The van der Waals surface area contributed by atoms with Crippen LogP contribution in [-0.4, -0.2) is 54.4 Å². The van der Waals surface area contributed by atoms with Crippen molar-refractivity contribution in [2.45, 2.75) is 6.42 Å². The fourth-order valence-corrected chi connectivity index (χ4v) is 3.85. The molecule has 1 saturated heterocycles. The second-order valence-electron chi connectivity index (χ2n) is 7.30. The van der Waals surface area contributed by atoms with Gasteiger partial charge in [0, 0.05) is 36.8 Å². The normalized spacial score (nSPS) is 14.4. The fraction of sp³-hybridized carbons (Fsp3) is 0.250. The molecule has 0 bridgehead atoms. The number of carbonyl (C=O) groups is 2. The first-order valence-corrected chi connectivity index (χ1v) is 10.4. The molecule has 4 rings (SSSR count). The molecule has 6 heteroatoms. The van der Waals surface area contributed by atoms with Crippen molar-refractivity contribution in [3.8, 4) is 5.75 Å². The molecule has 0 unspecified atom stereocenters. The van der Waals surface area contributed by atoms with Gasteiger partial charge in [-0.1, -0.05) is 48.0 Å². The maximum Gasteiger partial charge on any atom is 0.260 e. The van der Waals surface area contributed by atoms with Crippen molar-refractivity contribution in [2.75, 3.05) is 32.8 Å². The van der Waals surface area contributed by atoms with Gasteiger partial charge in [-0.3, -0.25) is 9.59 Å². The zero-order valence-corrected chi connectivity index (χ0v) is 17.3. The van der Waals surface area contributed by atoms with E-state index in [-0.39, 0.29) is 18.4 Å². The number of halogens is 1. The molecule has 3 aromatic carbocycles.